The first kappa shape index (κ1) is 25.3. The highest BCUT2D eigenvalue weighted by Gasteiger charge is 2.16. The fraction of sp³-hybridized carbons (Fsp3) is 0. The minimum Gasteiger partial charge on any atom is -0.311 e. The minimum atomic E-state index is 0.947. The average molecular weight is 540 g/mol. The van der Waals surface area contributed by atoms with Crippen molar-refractivity contribution in [2.45, 2.75) is 0 Å². The summed E-state index contributed by atoms with van der Waals surface area (Å²) >= 11 is 0. The van der Waals surface area contributed by atoms with Gasteiger partial charge in [-0.2, -0.15) is 5.10 Å². The van der Waals surface area contributed by atoms with Crippen molar-refractivity contribution in [2.24, 2.45) is 0 Å². The van der Waals surface area contributed by atoms with E-state index in [1.54, 1.807) is 0 Å². The van der Waals surface area contributed by atoms with E-state index in [0.29, 0.717) is 0 Å². The summed E-state index contributed by atoms with van der Waals surface area (Å²) in [6, 6.07) is 61.4. The summed E-state index contributed by atoms with van der Waals surface area (Å²) in [6.45, 7) is 0. The van der Waals surface area contributed by atoms with Crippen LogP contribution in [0.5, 0.6) is 0 Å². The Morgan fingerprint density at radius 1 is 0.381 bits per heavy atom. The van der Waals surface area contributed by atoms with Gasteiger partial charge in [-0.25, -0.2) is 4.68 Å². The van der Waals surface area contributed by atoms with Crippen LogP contribution < -0.4 is 4.90 Å². The van der Waals surface area contributed by atoms with Crippen LogP contribution in [0.2, 0.25) is 0 Å². The molecule has 0 atom stereocenters. The van der Waals surface area contributed by atoms with E-state index < -0.39 is 0 Å². The number of para-hydroxylation sites is 1. The van der Waals surface area contributed by atoms with E-state index in [2.05, 4.69) is 163 Å². The standard InChI is InChI=1S/C39H29N3/c1-5-13-30(14-6-1)31-21-23-35(24-22-31)41(34-19-11-4-12-20-34)36-25-27-37(28-26-36)42-39(33-17-9-3-10-18-33)29-38(40-42)32-15-7-2-8-16-32/h1-29H. The molecule has 6 aromatic carbocycles. The van der Waals surface area contributed by atoms with Crippen LogP contribution in [0, 0.1) is 0 Å². The van der Waals surface area contributed by atoms with E-state index >= 15 is 0 Å². The van der Waals surface area contributed by atoms with Gasteiger partial charge >= 0.3 is 0 Å². The van der Waals surface area contributed by atoms with Crippen molar-refractivity contribution in [1.29, 1.82) is 0 Å². The summed E-state index contributed by atoms with van der Waals surface area (Å²) in [5, 5.41) is 5.06. The van der Waals surface area contributed by atoms with Gasteiger partial charge in [0.25, 0.3) is 0 Å². The second kappa shape index (κ2) is 11.4. The molecule has 0 saturated heterocycles. The second-order valence-corrected chi connectivity index (χ2v) is 10.2. The molecular formula is C39H29N3. The number of hydrogen-bond donors (Lipinski definition) is 0. The Morgan fingerprint density at radius 2 is 0.810 bits per heavy atom. The zero-order valence-corrected chi connectivity index (χ0v) is 23.1. The quantitative estimate of drug-likeness (QED) is 0.201. The van der Waals surface area contributed by atoms with Crippen molar-refractivity contribution < 1.29 is 0 Å². The molecule has 1 aromatic heterocycles. The van der Waals surface area contributed by atoms with E-state index in [1.807, 2.05) is 22.9 Å². The molecule has 0 amide bonds. The molecule has 0 saturated carbocycles. The second-order valence-electron chi connectivity index (χ2n) is 10.2. The number of anilines is 3. The molecule has 0 aliphatic rings. The van der Waals surface area contributed by atoms with Crippen LogP contribution in [0.1, 0.15) is 0 Å². The molecule has 7 rings (SSSR count). The molecule has 200 valence electrons. The van der Waals surface area contributed by atoms with E-state index in [1.165, 1.54) is 11.1 Å². The Labute approximate surface area is 246 Å². The van der Waals surface area contributed by atoms with Gasteiger partial charge in [0.2, 0.25) is 0 Å². The first-order valence-electron chi connectivity index (χ1n) is 14.2. The van der Waals surface area contributed by atoms with Crippen LogP contribution >= 0.6 is 0 Å². The molecular weight excluding hydrogens is 510 g/mol. The van der Waals surface area contributed by atoms with Gasteiger partial charge in [0.05, 0.1) is 17.1 Å². The summed E-state index contributed by atoms with van der Waals surface area (Å²) in [6.07, 6.45) is 0. The maximum atomic E-state index is 5.06. The highest BCUT2D eigenvalue weighted by Crippen LogP contribution is 2.36. The fourth-order valence-electron chi connectivity index (χ4n) is 5.34. The Balaban J connectivity index is 1.28. The topological polar surface area (TPSA) is 21.1 Å². The molecule has 0 radical (unpaired) electrons. The van der Waals surface area contributed by atoms with Gasteiger partial charge in [-0.05, 0) is 65.7 Å². The van der Waals surface area contributed by atoms with Crippen LogP contribution in [0.15, 0.2) is 176 Å². The Morgan fingerprint density at radius 3 is 1.38 bits per heavy atom. The van der Waals surface area contributed by atoms with E-state index in [0.717, 1.165) is 45.3 Å². The number of nitrogens with zero attached hydrogens (tertiary/aromatic N) is 3. The largest absolute Gasteiger partial charge is 0.311 e. The third-order valence-electron chi connectivity index (χ3n) is 7.45. The van der Waals surface area contributed by atoms with Gasteiger partial charge in [-0.3, -0.25) is 0 Å². The zero-order valence-electron chi connectivity index (χ0n) is 23.1. The van der Waals surface area contributed by atoms with Crippen molar-refractivity contribution in [2.75, 3.05) is 4.90 Å². The monoisotopic (exact) mass is 539 g/mol. The third-order valence-corrected chi connectivity index (χ3v) is 7.45. The van der Waals surface area contributed by atoms with Gasteiger partial charge < -0.3 is 4.90 Å². The highest BCUT2D eigenvalue weighted by atomic mass is 15.3. The molecule has 3 heteroatoms. The van der Waals surface area contributed by atoms with Crippen LogP contribution in [-0.4, -0.2) is 9.78 Å². The van der Waals surface area contributed by atoms with Crippen molar-refractivity contribution in [3.63, 3.8) is 0 Å². The smallest absolute Gasteiger partial charge is 0.0934 e. The predicted octanol–water partition coefficient (Wildman–Crippen LogP) is 10.3. The normalized spacial score (nSPS) is 10.9. The van der Waals surface area contributed by atoms with Crippen LogP contribution in [0.3, 0.4) is 0 Å². The van der Waals surface area contributed by atoms with Crippen LogP contribution in [-0.2, 0) is 0 Å². The summed E-state index contributed by atoms with van der Waals surface area (Å²) in [5.74, 6) is 0. The summed E-state index contributed by atoms with van der Waals surface area (Å²) in [4.78, 5) is 2.29. The molecule has 0 fully saturated rings. The summed E-state index contributed by atoms with van der Waals surface area (Å²) in [7, 11) is 0. The van der Waals surface area contributed by atoms with Gasteiger partial charge in [0.15, 0.2) is 0 Å². The molecule has 0 spiro atoms. The van der Waals surface area contributed by atoms with Crippen molar-refractivity contribution in [3.8, 4) is 39.3 Å². The lowest BCUT2D eigenvalue weighted by atomic mass is 10.0. The molecule has 42 heavy (non-hydrogen) atoms. The minimum absolute atomic E-state index is 0.947. The summed E-state index contributed by atoms with van der Waals surface area (Å²) < 4.78 is 2.04. The first-order valence-corrected chi connectivity index (χ1v) is 14.2. The summed E-state index contributed by atoms with van der Waals surface area (Å²) in [5.41, 5.74) is 10.9. The zero-order chi connectivity index (χ0) is 28.1. The number of aromatic nitrogens is 2. The molecule has 0 bridgehead atoms. The van der Waals surface area contributed by atoms with E-state index in [-0.39, 0.29) is 0 Å². The molecule has 0 N–H and O–H groups in total. The SMILES string of the molecule is c1ccc(-c2ccc(N(c3ccccc3)c3ccc(-n4nc(-c5ccccc5)cc4-c4ccccc4)cc3)cc2)cc1. The van der Waals surface area contributed by atoms with Gasteiger partial charge in [-0.1, -0.05) is 121 Å². The molecule has 0 aliphatic heterocycles. The molecule has 7 aromatic rings. The van der Waals surface area contributed by atoms with Gasteiger partial charge in [0.1, 0.15) is 0 Å². The van der Waals surface area contributed by atoms with Crippen molar-refractivity contribution in [1.82, 2.24) is 9.78 Å². The fourth-order valence-corrected chi connectivity index (χ4v) is 5.34. The Bertz CT molecular complexity index is 1880. The number of rotatable bonds is 7. The first-order chi connectivity index (χ1) is 20.8. The lowest BCUT2D eigenvalue weighted by Gasteiger charge is -2.26. The van der Waals surface area contributed by atoms with E-state index in [9.17, 15) is 0 Å². The lowest BCUT2D eigenvalue weighted by Crippen LogP contribution is -2.10. The maximum absolute atomic E-state index is 5.06. The predicted molar refractivity (Wildman–Crippen MR) is 175 cm³/mol. The van der Waals surface area contributed by atoms with E-state index in [4.69, 9.17) is 5.10 Å². The lowest BCUT2D eigenvalue weighted by molar-refractivity contribution is 0.892. The molecule has 0 unspecified atom stereocenters. The van der Waals surface area contributed by atoms with Crippen molar-refractivity contribution >= 4 is 17.1 Å². The molecule has 1 heterocycles. The molecule has 3 nitrogen and oxygen atoms in total. The Kier molecular flexibility index (Phi) is 6.89. The van der Waals surface area contributed by atoms with Crippen LogP contribution in [0.25, 0.3) is 39.3 Å². The maximum Gasteiger partial charge on any atom is 0.0934 e. The third kappa shape index (κ3) is 5.12. The average Bonchev–Trinajstić information content (AvgIpc) is 3.53. The number of hydrogen-bond acceptors (Lipinski definition) is 2. The Hall–Kier alpha value is -5.67. The van der Waals surface area contributed by atoms with Gasteiger partial charge in [0, 0.05) is 28.2 Å². The van der Waals surface area contributed by atoms with Crippen LogP contribution in [0.4, 0.5) is 17.1 Å². The van der Waals surface area contributed by atoms with Crippen molar-refractivity contribution in [3.05, 3.63) is 176 Å². The van der Waals surface area contributed by atoms with Gasteiger partial charge in [-0.15, -0.1) is 0 Å². The molecule has 0 aliphatic carbocycles. The highest BCUT2D eigenvalue weighted by molar-refractivity contribution is 5.79. The number of benzene rings is 6.